The van der Waals surface area contributed by atoms with Gasteiger partial charge in [0.15, 0.2) is 11.6 Å². The molecule has 8 nitrogen and oxygen atoms in total. The monoisotopic (exact) mass is 318 g/mol. The molecule has 2 N–H and O–H groups in total. The lowest BCUT2D eigenvalue weighted by molar-refractivity contribution is 0.946. The third kappa shape index (κ3) is 2.76. The highest BCUT2D eigenvalue weighted by Gasteiger charge is 2.08. The van der Waals surface area contributed by atoms with Gasteiger partial charge >= 0.3 is 0 Å². The topological polar surface area (TPSA) is 105 Å². The van der Waals surface area contributed by atoms with Crippen molar-refractivity contribution in [3.63, 3.8) is 0 Å². The first-order chi connectivity index (χ1) is 11.8. The van der Waals surface area contributed by atoms with Gasteiger partial charge in [0.1, 0.15) is 17.7 Å². The Morgan fingerprint density at radius 3 is 2.79 bits per heavy atom. The minimum absolute atomic E-state index is 0.458. The van der Waals surface area contributed by atoms with Crippen LogP contribution in [0.15, 0.2) is 43.0 Å². The van der Waals surface area contributed by atoms with Crippen LogP contribution in [0.25, 0.3) is 22.4 Å². The van der Waals surface area contributed by atoms with Crippen LogP contribution in [0.3, 0.4) is 0 Å². The summed E-state index contributed by atoms with van der Waals surface area (Å²) in [6, 6.07) is 7.59. The fourth-order valence-electron chi connectivity index (χ4n) is 2.34. The predicted octanol–water partition coefficient (Wildman–Crippen LogP) is 2.13. The molecular formula is C16H14N8. The smallest absolute Gasteiger partial charge is 0.181 e. The molecule has 0 saturated carbocycles. The van der Waals surface area contributed by atoms with Crippen LogP contribution in [0.2, 0.25) is 0 Å². The minimum Gasteiger partial charge on any atom is -0.361 e. The minimum atomic E-state index is 0.458. The van der Waals surface area contributed by atoms with Gasteiger partial charge in [-0.05, 0) is 31.2 Å². The van der Waals surface area contributed by atoms with E-state index in [4.69, 9.17) is 0 Å². The van der Waals surface area contributed by atoms with Crippen LogP contribution in [0.1, 0.15) is 11.5 Å². The Balaban J connectivity index is 1.56. The number of aromatic nitrogens is 7. The number of anilines is 1. The quantitative estimate of drug-likeness (QED) is 0.593. The van der Waals surface area contributed by atoms with E-state index < -0.39 is 0 Å². The number of pyridine rings is 2. The molecule has 4 aromatic rings. The zero-order valence-electron chi connectivity index (χ0n) is 12.9. The third-order valence-electron chi connectivity index (χ3n) is 3.51. The summed E-state index contributed by atoms with van der Waals surface area (Å²) in [5.74, 6) is 2.02. The Hall–Kier alpha value is -3.42. The molecule has 0 atom stereocenters. The van der Waals surface area contributed by atoms with Crippen molar-refractivity contribution < 1.29 is 0 Å². The normalized spacial score (nSPS) is 10.9. The second-order valence-corrected chi connectivity index (χ2v) is 5.24. The molecule has 0 aliphatic heterocycles. The largest absolute Gasteiger partial charge is 0.361 e. The summed E-state index contributed by atoms with van der Waals surface area (Å²) in [5, 5.41) is 10.4. The molecular weight excluding hydrogens is 304 g/mol. The van der Waals surface area contributed by atoms with Crippen LogP contribution in [-0.2, 0) is 6.54 Å². The van der Waals surface area contributed by atoms with Gasteiger partial charge in [-0.1, -0.05) is 0 Å². The van der Waals surface area contributed by atoms with Crippen molar-refractivity contribution in [3.8, 4) is 11.4 Å². The van der Waals surface area contributed by atoms with Gasteiger partial charge in [-0.2, -0.15) is 5.10 Å². The molecule has 0 spiro atoms. The molecule has 8 heteroatoms. The van der Waals surface area contributed by atoms with Crippen molar-refractivity contribution in [1.82, 2.24) is 35.1 Å². The van der Waals surface area contributed by atoms with Crippen LogP contribution in [-0.4, -0.2) is 35.1 Å². The SMILES string of the molecule is Cc1ccc2ncnc(NCc3nc(-c4ccncc4)n[nH]3)c2n1. The van der Waals surface area contributed by atoms with E-state index in [0.717, 1.165) is 22.3 Å². The van der Waals surface area contributed by atoms with Crippen molar-refractivity contribution in [2.75, 3.05) is 5.32 Å². The first kappa shape index (κ1) is 14.2. The Labute approximate surface area is 137 Å². The summed E-state index contributed by atoms with van der Waals surface area (Å²) in [6.07, 6.45) is 4.94. The van der Waals surface area contributed by atoms with Gasteiger partial charge in [-0.25, -0.2) is 19.9 Å². The van der Waals surface area contributed by atoms with E-state index in [-0.39, 0.29) is 0 Å². The Bertz CT molecular complexity index is 980. The third-order valence-corrected chi connectivity index (χ3v) is 3.51. The summed E-state index contributed by atoms with van der Waals surface area (Å²) in [6.45, 7) is 2.40. The molecule has 0 amide bonds. The molecule has 0 unspecified atom stereocenters. The van der Waals surface area contributed by atoms with Gasteiger partial charge < -0.3 is 5.32 Å². The fraction of sp³-hybridized carbons (Fsp3) is 0.125. The van der Waals surface area contributed by atoms with Crippen LogP contribution in [0.5, 0.6) is 0 Å². The highest BCUT2D eigenvalue weighted by Crippen LogP contribution is 2.18. The fourth-order valence-corrected chi connectivity index (χ4v) is 2.34. The highest BCUT2D eigenvalue weighted by atomic mass is 15.2. The van der Waals surface area contributed by atoms with E-state index in [1.807, 2.05) is 31.2 Å². The summed E-state index contributed by atoms with van der Waals surface area (Å²) in [4.78, 5) is 21.5. The highest BCUT2D eigenvalue weighted by molar-refractivity contribution is 5.84. The summed E-state index contributed by atoms with van der Waals surface area (Å²) < 4.78 is 0. The Morgan fingerprint density at radius 2 is 1.92 bits per heavy atom. The lowest BCUT2D eigenvalue weighted by atomic mass is 10.2. The van der Waals surface area contributed by atoms with Crippen LogP contribution < -0.4 is 5.32 Å². The maximum Gasteiger partial charge on any atom is 0.181 e. The molecule has 0 saturated heterocycles. The molecule has 4 heterocycles. The molecule has 0 aliphatic rings. The number of hydrogen-bond acceptors (Lipinski definition) is 7. The van der Waals surface area contributed by atoms with E-state index >= 15 is 0 Å². The molecule has 0 fully saturated rings. The summed E-state index contributed by atoms with van der Waals surface area (Å²) in [5.41, 5.74) is 3.37. The standard InChI is InChI=1S/C16H14N8/c1-10-2-3-12-14(21-10)16(20-9-19-12)18-8-13-22-15(24-23-13)11-4-6-17-7-5-11/h2-7,9H,8H2,1H3,(H,18,19,20)(H,22,23,24). The predicted molar refractivity (Wildman–Crippen MR) is 89.0 cm³/mol. The summed E-state index contributed by atoms with van der Waals surface area (Å²) in [7, 11) is 0. The average Bonchev–Trinajstić information content (AvgIpc) is 3.10. The molecule has 24 heavy (non-hydrogen) atoms. The first-order valence-electron chi connectivity index (χ1n) is 7.43. The number of hydrogen-bond donors (Lipinski definition) is 2. The molecule has 0 bridgehead atoms. The van der Waals surface area contributed by atoms with Gasteiger partial charge in [-0.3, -0.25) is 10.1 Å². The molecule has 0 aliphatic carbocycles. The number of aromatic amines is 1. The van der Waals surface area contributed by atoms with E-state index in [2.05, 4.69) is 40.4 Å². The van der Waals surface area contributed by atoms with Crippen LogP contribution in [0, 0.1) is 6.92 Å². The second-order valence-electron chi connectivity index (χ2n) is 5.24. The number of fused-ring (bicyclic) bond motifs is 1. The summed E-state index contributed by atoms with van der Waals surface area (Å²) >= 11 is 0. The van der Waals surface area contributed by atoms with Gasteiger partial charge in [0, 0.05) is 23.7 Å². The Kier molecular flexibility index (Phi) is 3.54. The van der Waals surface area contributed by atoms with Crippen molar-refractivity contribution in [1.29, 1.82) is 0 Å². The van der Waals surface area contributed by atoms with Crippen molar-refractivity contribution in [2.24, 2.45) is 0 Å². The number of aryl methyl sites for hydroxylation is 1. The maximum atomic E-state index is 4.50. The van der Waals surface area contributed by atoms with Gasteiger partial charge in [0.2, 0.25) is 0 Å². The molecule has 4 rings (SSSR count). The molecule has 4 aromatic heterocycles. The zero-order chi connectivity index (χ0) is 16.4. The maximum absolute atomic E-state index is 4.50. The Morgan fingerprint density at radius 1 is 1.04 bits per heavy atom. The van der Waals surface area contributed by atoms with Gasteiger partial charge in [-0.15, -0.1) is 0 Å². The number of rotatable bonds is 4. The van der Waals surface area contributed by atoms with Gasteiger partial charge in [0.05, 0.1) is 12.1 Å². The first-order valence-corrected chi connectivity index (χ1v) is 7.43. The van der Waals surface area contributed by atoms with E-state index in [1.54, 1.807) is 12.4 Å². The van der Waals surface area contributed by atoms with Crippen molar-refractivity contribution >= 4 is 16.9 Å². The number of nitrogens with one attached hydrogen (secondary N) is 2. The lowest BCUT2D eigenvalue weighted by Gasteiger charge is -2.06. The average molecular weight is 318 g/mol. The number of nitrogens with zero attached hydrogens (tertiary/aromatic N) is 6. The number of H-pyrrole nitrogens is 1. The zero-order valence-corrected chi connectivity index (χ0v) is 12.9. The van der Waals surface area contributed by atoms with Crippen LogP contribution in [0.4, 0.5) is 5.82 Å². The van der Waals surface area contributed by atoms with E-state index in [1.165, 1.54) is 6.33 Å². The van der Waals surface area contributed by atoms with Crippen molar-refractivity contribution in [3.05, 3.63) is 54.5 Å². The lowest BCUT2D eigenvalue weighted by Crippen LogP contribution is -2.05. The molecule has 118 valence electrons. The van der Waals surface area contributed by atoms with E-state index in [9.17, 15) is 0 Å². The van der Waals surface area contributed by atoms with E-state index in [0.29, 0.717) is 24.0 Å². The second kappa shape index (κ2) is 5.99. The van der Waals surface area contributed by atoms with Crippen LogP contribution >= 0.6 is 0 Å². The van der Waals surface area contributed by atoms with Crippen molar-refractivity contribution in [2.45, 2.75) is 13.5 Å². The van der Waals surface area contributed by atoms with Gasteiger partial charge in [0.25, 0.3) is 0 Å². The molecule has 0 radical (unpaired) electrons. The molecule has 0 aromatic carbocycles.